The van der Waals surface area contributed by atoms with Gasteiger partial charge in [0.2, 0.25) is 0 Å². The van der Waals surface area contributed by atoms with E-state index in [1.807, 2.05) is 6.92 Å². The minimum Gasteiger partial charge on any atom is -0.313 e. The van der Waals surface area contributed by atoms with Crippen LogP contribution in [0.2, 0.25) is 0 Å². The van der Waals surface area contributed by atoms with Gasteiger partial charge in [0.15, 0.2) is 0 Å². The summed E-state index contributed by atoms with van der Waals surface area (Å²) in [6.07, 6.45) is 8.52. The van der Waals surface area contributed by atoms with Crippen molar-refractivity contribution in [3.63, 3.8) is 0 Å². The van der Waals surface area contributed by atoms with E-state index in [0.29, 0.717) is 25.7 Å². The van der Waals surface area contributed by atoms with Crippen molar-refractivity contribution in [2.45, 2.75) is 57.9 Å². The highest BCUT2D eigenvalue weighted by molar-refractivity contribution is 7.87. The zero-order valence-electron chi connectivity index (χ0n) is 11.8. The second-order valence-electron chi connectivity index (χ2n) is 4.93. The minimum atomic E-state index is -3.29. The third kappa shape index (κ3) is 9.62. The predicted molar refractivity (Wildman–Crippen MR) is 82.0 cm³/mol. The van der Waals surface area contributed by atoms with Crippen molar-refractivity contribution in [1.82, 2.24) is 14.8 Å². The van der Waals surface area contributed by atoms with Crippen molar-refractivity contribution in [1.29, 1.82) is 0 Å². The molecule has 0 aliphatic heterocycles. The Hall–Kier alpha value is 0.120. The summed E-state index contributed by atoms with van der Waals surface area (Å²) in [5, 5.41) is 3.44. The first-order valence-corrected chi connectivity index (χ1v) is 8.60. The lowest BCUT2D eigenvalue weighted by atomic mass is 10.1. The number of rotatable bonds is 8. The Balaban J connectivity index is 0.00000324. The van der Waals surface area contributed by atoms with Gasteiger partial charge in [0, 0.05) is 25.7 Å². The van der Waals surface area contributed by atoms with E-state index in [2.05, 4.69) is 14.8 Å². The molecule has 7 heteroatoms. The summed E-state index contributed by atoms with van der Waals surface area (Å²) in [7, 11) is -3.29. The maximum Gasteiger partial charge on any atom is 0.276 e. The van der Waals surface area contributed by atoms with Crippen LogP contribution in [0.25, 0.3) is 0 Å². The molecule has 0 amide bonds. The van der Waals surface area contributed by atoms with E-state index in [0.717, 1.165) is 6.42 Å². The third-order valence-electron chi connectivity index (χ3n) is 3.25. The SMILES string of the molecule is CCCNS(=O)(=O)NCCNC1CCCCCC1.Cl. The van der Waals surface area contributed by atoms with Gasteiger partial charge in [0.25, 0.3) is 10.2 Å². The van der Waals surface area contributed by atoms with E-state index >= 15 is 0 Å². The molecule has 0 spiro atoms. The predicted octanol–water partition coefficient (Wildman–Crippen LogP) is 1.55. The number of hydrogen-bond acceptors (Lipinski definition) is 3. The normalized spacial score (nSPS) is 17.7. The second kappa shape index (κ2) is 10.9. The van der Waals surface area contributed by atoms with E-state index in [9.17, 15) is 8.42 Å². The molecule has 1 saturated carbocycles. The molecule has 0 aromatic carbocycles. The average Bonchev–Trinajstić information content (AvgIpc) is 2.61. The first kappa shape index (κ1) is 19.1. The van der Waals surface area contributed by atoms with E-state index in [1.54, 1.807) is 0 Å². The van der Waals surface area contributed by atoms with Crippen LogP contribution in [0.1, 0.15) is 51.9 Å². The van der Waals surface area contributed by atoms with E-state index < -0.39 is 10.2 Å². The summed E-state index contributed by atoms with van der Waals surface area (Å²) in [4.78, 5) is 0. The Morgan fingerprint density at radius 3 is 2.11 bits per heavy atom. The molecule has 0 saturated heterocycles. The smallest absolute Gasteiger partial charge is 0.276 e. The minimum absolute atomic E-state index is 0. The summed E-state index contributed by atoms with van der Waals surface area (Å²) >= 11 is 0. The zero-order valence-corrected chi connectivity index (χ0v) is 13.4. The number of hydrogen-bond donors (Lipinski definition) is 3. The van der Waals surface area contributed by atoms with Crippen LogP contribution in [0.4, 0.5) is 0 Å². The van der Waals surface area contributed by atoms with Crippen LogP contribution in [-0.4, -0.2) is 34.1 Å². The Labute approximate surface area is 123 Å². The van der Waals surface area contributed by atoms with Crippen LogP contribution < -0.4 is 14.8 Å². The van der Waals surface area contributed by atoms with Crippen molar-refractivity contribution in [3.8, 4) is 0 Å². The van der Waals surface area contributed by atoms with Crippen molar-refractivity contribution in [2.75, 3.05) is 19.6 Å². The van der Waals surface area contributed by atoms with Crippen LogP contribution in [0, 0.1) is 0 Å². The molecule has 0 aromatic rings. The van der Waals surface area contributed by atoms with Gasteiger partial charge in [-0.2, -0.15) is 8.42 Å². The van der Waals surface area contributed by atoms with Gasteiger partial charge < -0.3 is 5.32 Å². The summed E-state index contributed by atoms with van der Waals surface area (Å²) in [6, 6.07) is 0.570. The molecule has 1 fully saturated rings. The number of halogens is 1. The van der Waals surface area contributed by atoms with Crippen LogP contribution in [0.15, 0.2) is 0 Å². The first-order valence-electron chi connectivity index (χ1n) is 7.11. The molecule has 5 nitrogen and oxygen atoms in total. The highest BCUT2D eigenvalue weighted by atomic mass is 35.5. The van der Waals surface area contributed by atoms with Gasteiger partial charge in [0.1, 0.15) is 0 Å². The molecule has 0 unspecified atom stereocenters. The Bertz CT molecular complexity index is 304. The van der Waals surface area contributed by atoms with Crippen molar-refractivity contribution in [3.05, 3.63) is 0 Å². The Morgan fingerprint density at radius 2 is 1.53 bits per heavy atom. The van der Waals surface area contributed by atoms with E-state index in [4.69, 9.17) is 0 Å². The maximum absolute atomic E-state index is 11.4. The fraction of sp³-hybridized carbons (Fsp3) is 1.00. The molecule has 0 bridgehead atoms. The quantitative estimate of drug-likeness (QED) is 0.470. The molecular formula is C12H28ClN3O2S. The standard InChI is InChI=1S/C12H27N3O2S.ClH/c1-2-9-14-18(16,17)15-11-10-13-12-7-5-3-4-6-8-12;/h12-15H,2-11H2,1H3;1H. The maximum atomic E-state index is 11.4. The fourth-order valence-corrected chi connectivity index (χ4v) is 3.18. The van der Waals surface area contributed by atoms with E-state index in [-0.39, 0.29) is 12.4 Å². The molecule has 1 aliphatic rings. The molecule has 0 atom stereocenters. The molecule has 0 radical (unpaired) electrons. The van der Waals surface area contributed by atoms with Gasteiger partial charge in [-0.25, -0.2) is 9.44 Å². The highest BCUT2D eigenvalue weighted by Gasteiger charge is 2.12. The van der Waals surface area contributed by atoms with Crippen LogP contribution in [0.5, 0.6) is 0 Å². The van der Waals surface area contributed by atoms with Gasteiger partial charge in [-0.15, -0.1) is 12.4 Å². The zero-order chi connectivity index (χ0) is 13.3. The van der Waals surface area contributed by atoms with E-state index in [1.165, 1.54) is 38.5 Å². The van der Waals surface area contributed by atoms with Gasteiger partial charge in [-0.1, -0.05) is 32.6 Å². The van der Waals surface area contributed by atoms with Crippen molar-refractivity contribution >= 4 is 22.6 Å². The van der Waals surface area contributed by atoms with Crippen LogP contribution >= 0.6 is 12.4 Å². The van der Waals surface area contributed by atoms with Gasteiger partial charge >= 0.3 is 0 Å². The summed E-state index contributed by atoms with van der Waals surface area (Å²) in [5.41, 5.74) is 0. The molecule has 3 N–H and O–H groups in total. The first-order chi connectivity index (χ1) is 8.64. The summed E-state index contributed by atoms with van der Waals surface area (Å²) in [5.74, 6) is 0. The molecule has 19 heavy (non-hydrogen) atoms. The Morgan fingerprint density at radius 1 is 0.947 bits per heavy atom. The molecule has 116 valence electrons. The van der Waals surface area contributed by atoms with Gasteiger partial charge in [-0.3, -0.25) is 0 Å². The summed E-state index contributed by atoms with van der Waals surface area (Å²) < 4.78 is 27.9. The monoisotopic (exact) mass is 313 g/mol. The molecular weight excluding hydrogens is 286 g/mol. The highest BCUT2D eigenvalue weighted by Crippen LogP contribution is 2.16. The third-order valence-corrected chi connectivity index (χ3v) is 4.42. The van der Waals surface area contributed by atoms with Crippen molar-refractivity contribution in [2.24, 2.45) is 0 Å². The lowest BCUT2D eigenvalue weighted by molar-refractivity contribution is 0.460. The Kier molecular flexibility index (Phi) is 10.9. The van der Waals surface area contributed by atoms with Crippen molar-refractivity contribution < 1.29 is 8.42 Å². The fourth-order valence-electron chi connectivity index (χ4n) is 2.23. The lowest BCUT2D eigenvalue weighted by Gasteiger charge is -2.16. The van der Waals surface area contributed by atoms with Gasteiger partial charge in [-0.05, 0) is 19.3 Å². The molecule has 0 aromatic heterocycles. The van der Waals surface area contributed by atoms with Crippen LogP contribution in [-0.2, 0) is 10.2 Å². The molecule has 1 aliphatic carbocycles. The average molecular weight is 314 g/mol. The topological polar surface area (TPSA) is 70.2 Å². The molecule has 1 rings (SSSR count). The summed E-state index contributed by atoms with van der Waals surface area (Å²) in [6.45, 7) is 3.59. The largest absolute Gasteiger partial charge is 0.313 e. The van der Waals surface area contributed by atoms with Crippen LogP contribution in [0.3, 0.4) is 0 Å². The second-order valence-corrected chi connectivity index (χ2v) is 6.52. The van der Waals surface area contributed by atoms with Gasteiger partial charge in [0.05, 0.1) is 0 Å². The molecule has 0 heterocycles. The number of nitrogens with one attached hydrogen (secondary N) is 3. The lowest BCUT2D eigenvalue weighted by Crippen LogP contribution is -2.41.